The van der Waals surface area contributed by atoms with E-state index in [1.165, 1.54) is 0 Å². The fraction of sp³-hybridized carbons (Fsp3) is 0.467. The van der Waals surface area contributed by atoms with Gasteiger partial charge in [0.25, 0.3) is 0 Å². The molecule has 0 radical (unpaired) electrons. The second-order valence-corrected chi connectivity index (χ2v) is 5.25. The normalized spacial score (nSPS) is 18.1. The summed E-state index contributed by atoms with van der Waals surface area (Å²) in [5.74, 6) is 1.84. The molecular formula is C15H21N5. The van der Waals surface area contributed by atoms with Crippen LogP contribution in [0, 0.1) is 0 Å². The van der Waals surface area contributed by atoms with Crippen LogP contribution in [0.4, 0.5) is 0 Å². The molecular weight excluding hydrogens is 250 g/mol. The zero-order valence-corrected chi connectivity index (χ0v) is 12.1. The number of aryl methyl sites for hydroxylation is 1. The largest absolute Gasteiger partial charge is 0.314 e. The van der Waals surface area contributed by atoms with Crippen molar-refractivity contribution in [2.45, 2.75) is 13.0 Å². The highest BCUT2D eigenvalue weighted by atomic mass is 15.4. The Bertz CT molecular complexity index is 557. The maximum Gasteiger partial charge on any atom is 0.181 e. The molecule has 1 N–H and O–H groups in total. The SMILES string of the molecule is CC(c1nc(-c2ccccc2)nn1C)N1CCNCC1. The monoisotopic (exact) mass is 271 g/mol. The molecule has 5 nitrogen and oxygen atoms in total. The van der Waals surface area contributed by atoms with Gasteiger partial charge in [-0.05, 0) is 6.92 Å². The number of hydrogen-bond donors (Lipinski definition) is 1. The van der Waals surface area contributed by atoms with Crippen molar-refractivity contribution in [1.82, 2.24) is 25.0 Å². The fourth-order valence-corrected chi connectivity index (χ4v) is 2.70. The Kier molecular flexibility index (Phi) is 3.80. The molecule has 1 aromatic carbocycles. The first kappa shape index (κ1) is 13.3. The first-order valence-corrected chi connectivity index (χ1v) is 7.17. The third-order valence-electron chi connectivity index (χ3n) is 3.90. The molecule has 1 fully saturated rings. The molecule has 3 rings (SSSR count). The third-order valence-corrected chi connectivity index (χ3v) is 3.90. The summed E-state index contributed by atoms with van der Waals surface area (Å²) in [5.41, 5.74) is 1.07. The molecule has 106 valence electrons. The predicted octanol–water partition coefficient (Wildman–Crippen LogP) is 1.45. The first-order chi connectivity index (χ1) is 9.75. The molecule has 0 aliphatic carbocycles. The molecule has 1 aliphatic rings. The van der Waals surface area contributed by atoms with Crippen molar-refractivity contribution in [2.24, 2.45) is 7.05 Å². The molecule has 1 saturated heterocycles. The van der Waals surface area contributed by atoms with Crippen LogP contribution in [-0.4, -0.2) is 45.8 Å². The molecule has 1 aliphatic heterocycles. The zero-order valence-electron chi connectivity index (χ0n) is 12.1. The summed E-state index contributed by atoms with van der Waals surface area (Å²) in [5, 5.41) is 7.94. The molecule has 20 heavy (non-hydrogen) atoms. The third kappa shape index (κ3) is 2.59. The van der Waals surface area contributed by atoms with E-state index in [1.54, 1.807) is 0 Å². The highest BCUT2D eigenvalue weighted by Gasteiger charge is 2.22. The van der Waals surface area contributed by atoms with E-state index in [9.17, 15) is 0 Å². The Morgan fingerprint density at radius 3 is 2.55 bits per heavy atom. The number of hydrogen-bond acceptors (Lipinski definition) is 4. The Morgan fingerprint density at radius 2 is 1.85 bits per heavy atom. The molecule has 1 unspecified atom stereocenters. The quantitative estimate of drug-likeness (QED) is 0.918. The second kappa shape index (κ2) is 5.73. The van der Waals surface area contributed by atoms with Gasteiger partial charge in [-0.2, -0.15) is 5.10 Å². The van der Waals surface area contributed by atoms with Crippen LogP contribution in [0.15, 0.2) is 30.3 Å². The van der Waals surface area contributed by atoms with E-state index in [0.29, 0.717) is 6.04 Å². The molecule has 0 bridgehead atoms. The van der Waals surface area contributed by atoms with Crippen molar-refractivity contribution in [3.63, 3.8) is 0 Å². The lowest BCUT2D eigenvalue weighted by Gasteiger charge is -2.31. The minimum Gasteiger partial charge on any atom is -0.314 e. The Balaban J connectivity index is 1.85. The first-order valence-electron chi connectivity index (χ1n) is 7.17. The summed E-state index contributed by atoms with van der Waals surface area (Å²) in [4.78, 5) is 7.20. The van der Waals surface area contributed by atoms with Crippen LogP contribution in [-0.2, 0) is 7.05 Å². The van der Waals surface area contributed by atoms with E-state index in [2.05, 4.69) is 34.4 Å². The Labute approximate surface area is 119 Å². The lowest BCUT2D eigenvalue weighted by molar-refractivity contribution is 0.176. The molecule has 5 heteroatoms. The van der Waals surface area contributed by atoms with E-state index in [-0.39, 0.29) is 0 Å². The standard InChI is InChI=1S/C15H21N5/c1-12(20-10-8-16-9-11-20)15-17-14(18-19(15)2)13-6-4-3-5-7-13/h3-7,12,16H,8-11H2,1-2H3. The van der Waals surface area contributed by atoms with E-state index < -0.39 is 0 Å². The number of rotatable bonds is 3. The summed E-state index contributed by atoms with van der Waals surface area (Å²) < 4.78 is 1.91. The van der Waals surface area contributed by atoms with E-state index in [0.717, 1.165) is 43.4 Å². The van der Waals surface area contributed by atoms with Crippen LogP contribution in [0.1, 0.15) is 18.8 Å². The maximum absolute atomic E-state index is 4.74. The smallest absolute Gasteiger partial charge is 0.181 e. The van der Waals surface area contributed by atoms with Crippen LogP contribution >= 0.6 is 0 Å². The Morgan fingerprint density at radius 1 is 1.15 bits per heavy atom. The maximum atomic E-state index is 4.74. The highest BCUT2D eigenvalue weighted by Crippen LogP contribution is 2.22. The second-order valence-electron chi connectivity index (χ2n) is 5.25. The molecule has 2 aromatic rings. The van der Waals surface area contributed by atoms with E-state index in [1.807, 2.05) is 29.9 Å². The van der Waals surface area contributed by atoms with E-state index >= 15 is 0 Å². The number of nitrogens with one attached hydrogen (secondary N) is 1. The van der Waals surface area contributed by atoms with Crippen molar-refractivity contribution < 1.29 is 0 Å². The van der Waals surface area contributed by atoms with Gasteiger partial charge in [-0.3, -0.25) is 9.58 Å². The van der Waals surface area contributed by atoms with Gasteiger partial charge in [0.1, 0.15) is 5.82 Å². The van der Waals surface area contributed by atoms with Gasteiger partial charge in [-0.15, -0.1) is 0 Å². The molecule has 1 atom stereocenters. The lowest BCUT2D eigenvalue weighted by Crippen LogP contribution is -2.44. The van der Waals surface area contributed by atoms with Crippen molar-refractivity contribution in [2.75, 3.05) is 26.2 Å². The summed E-state index contributed by atoms with van der Waals surface area (Å²) in [6.45, 7) is 6.44. The van der Waals surface area contributed by atoms with Gasteiger partial charge in [0.2, 0.25) is 0 Å². The average Bonchev–Trinajstić information content (AvgIpc) is 2.90. The van der Waals surface area contributed by atoms with Crippen LogP contribution in [0.25, 0.3) is 11.4 Å². The van der Waals surface area contributed by atoms with Gasteiger partial charge in [0.15, 0.2) is 5.82 Å². The average molecular weight is 271 g/mol. The summed E-state index contributed by atoms with van der Waals surface area (Å²) in [6.07, 6.45) is 0. The molecule has 0 amide bonds. The van der Waals surface area contributed by atoms with E-state index in [4.69, 9.17) is 4.98 Å². The van der Waals surface area contributed by atoms with Crippen molar-refractivity contribution in [3.05, 3.63) is 36.2 Å². The number of nitrogens with zero attached hydrogens (tertiary/aromatic N) is 4. The van der Waals surface area contributed by atoms with Crippen LogP contribution in [0.5, 0.6) is 0 Å². The molecule has 2 heterocycles. The van der Waals surface area contributed by atoms with Gasteiger partial charge < -0.3 is 5.32 Å². The predicted molar refractivity (Wildman–Crippen MR) is 79.3 cm³/mol. The number of piperazine rings is 1. The summed E-state index contributed by atoms with van der Waals surface area (Å²) in [7, 11) is 1.98. The van der Waals surface area contributed by atoms with Crippen LogP contribution in [0.3, 0.4) is 0 Å². The topological polar surface area (TPSA) is 46.0 Å². The minimum absolute atomic E-state index is 0.298. The molecule has 1 aromatic heterocycles. The van der Waals surface area contributed by atoms with Gasteiger partial charge in [-0.25, -0.2) is 4.98 Å². The van der Waals surface area contributed by atoms with Gasteiger partial charge in [-0.1, -0.05) is 30.3 Å². The lowest BCUT2D eigenvalue weighted by atomic mass is 10.2. The van der Waals surface area contributed by atoms with Gasteiger partial charge >= 0.3 is 0 Å². The highest BCUT2D eigenvalue weighted by molar-refractivity contribution is 5.54. The van der Waals surface area contributed by atoms with Crippen molar-refractivity contribution >= 4 is 0 Å². The molecule has 0 spiro atoms. The van der Waals surface area contributed by atoms with Crippen molar-refractivity contribution in [3.8, 4) is 11.4 Å². The van der Waals surface area contributed by atoms with Gasteiger partial charge in [0, 0.05) is 38.8 Å². The molecule has 0 saturated carbocycles. The zero-order chi connectivity index (χ0) is 13.9. The number of benzene rings is 1. The number of aromatic nitrogens is 3. The minimum atomic E-state index is 0.298. The van der Waals surface area contributed by atoms with Crippen molar-refractivity contribution in [1.29, 1.82) is 0 Å². The Hall–Kier alpha value is -1.72. The summed E-state index contributed by atoms with van der Waals surface area (Å²) >= 11 is 0. The fourth-order valence-electron chi connectivity index (χ4n) is 2.70. The van der Waals surface area contributed by atoms with Crippen LogP contribution in [0.2, 0.25) is 0 Å². The van der Waals surface area contributed by atoms with Gasteiger partial charge in [0.05, 0.1) is 6.04 Å². The van der Waals surface area contributed by atoms with Crippen LogP contribution < -0.4 is 5.32 Å². The summed E-state index contributed by atoms with van der Waals surface area (Å²) in [6, 6.07) is 10.4.